The van der Waals surface area contributed by atoms with Gasteiger partial charge in [-0.2, -0.15) is 5.26 Å². The second kappa shape index (κ2) is 8.69. The van der Waals surface area contributed by atoms with Crippen LogP contribution in [0, 0.1) is 17.2 Å². The van der Waals surface area contributed by atoms with Crippen molar-refractivity contribution in [2.24, 2.45) is 5.92 Å². The van der Waals surface area contributed by atoms with Crippen molar-refractivity contribution in [1.29, 1.82) is 5.26 Å². The molecule has 0 bridgehead atoms. The van der Waals surface area contributed by atoms with Gasteiger partial charge in [0.15, 0.2) is 0 Å². The van der Waals surface area contributed by atoms with Crippen molar-refractivity contribution in [3.63, 3.8) is 0 Å². The van der Waals surface area contributed by atoms with Crippen LogP contribution < -0.4 is 10.6 Å². The number of nitriles is 1. The van der Waals surface area contributed by atoms with Crippen LogP contribution in [0.4, 0.5) is 0 Å². The Morgan fingerprint density at radius 3 is 2.74 bits per heavy atom. The Bertz CT molecular complexity index is 844. The number of nitrogens with zero attached hydrogens (tertiary/aromatic N) is 1. The van der Waals surface area contributed by atoms with E-state index in [1.54, 1.807) is 18.2 Å². The fourth-order valence-corrected chi connectivity index (χ4v) is 4.04. The van der Waals surface area contributed by atoms with Crippen LogP contribution in [0.25, 0.3) is 0 Å². The molecule has 1 fully saturated rings. The highest BCUT2D eigenvalue weighted by Crippen LogP contribution is 2.27. The van der Waals surface area contributed by atoms with Crippen molar-refractivity contribution in [3.8, 4) is 11.8 Å². The van der Waals surface area contributed by atoms with Crippen molar-refractivity contribution in [3.05, 3.63) is 52.2 Å². The summed E-state index contributed by atoms with van der Waals surface area (Å²) in [5.41, 5.74) is 0.529. The first kappa shape index (κ1) is 18.9. The minimum atomic E-state index is -0.847. The summed E-state index contributed by atoms with van der Waals surface area (Å²) in [5, 5.41) is 26.6. The number of phenolic OH excluding ortho intramolecular Hbond substituents is 1. The van der Waals surface area contributed by atoms with E-state index in [1.165, 1.54) is 23.5 Å². The van der Waals surface area contributed by atoms with Gasteiger partial charge in [-0.25, -0.2) is 0 Å². The normalized spacial score (nSPS) is 20.3. The van der Waals surface area contributed by atoms with Crippen LogP contribution in [0.2, 0.25) is 0 Å². The molecule has 3 unspecified atom stereocenters. The molecule has 3 atom stereocenters. The number of aromatic hydroxyl groups is 1. The second-order valence-electron chi connectivity index (χ2n) is 6.61. The average Bonchev–Trinajstić information content (AvgIpc) is 3.21. The highest BCUT2D eigenvalue weighted by atomic mass is 32.1. The van der Waals surface area contributed by atoms with Crippen molar-refractivity contribution >= 4 is 23.2 Å². The number of thiophene rings is 1. The van der Waals surface area contributed by atoms with Crippen LogP contribution in [-0.4, -0.2) is 23.0 Å². The van der Waals surface area contributed by atoms with Gasteiger partial charge in [0.25, 0.3) is 5.91 Å². The molecule has 0 aliphatic heterocycles. The fraction of sp³-hybridized carbons (Fsp3) is 0.350. The molecule has 140 valence electrons. The van der Waals surface area contributed by atoms with Gasteiger partial charge in [0.1, 0.15) is 11.8 Å². The maximum atomic E-state index is 12.8. The number of rotatable bonds is 5. The van der Waals surface area contributed by atoms with Gasteiger partial charge in [-0.05, 0) is 42.0 Å². The van der Waals surface area contributed by atoms with E-state index >= 15 is 0 Å². The van der Waals surface area contributed by atoms with Gasteiger partial charge in [-0.1, -0.05) is 31.0 Å². The lowest BCUT2D eigenvalue weighted by molar-refractivity contribution is -0.127. The molecule has 1 aromatic carbocycles. The highest BCUT2D eigenvalue weighted by Gasteiger charge is 2.33. The fourth-order valence-electron chi connectivity index (χ4n) is 3.41. The van der Waals surface area contributed by atoms with Crippen LogP contribution in [0.5, 0.6) is 5.75 Å². The lowest BCUT2D eigenvalue weighted by Gasteiger charge is -2.31. The zero-order chi connectivity index (χ0) is 19.2. The predicted molar refractivity (Wildman–Crippen MR) is 102 cm³/mol. The summed E-state index contributed by atoms with van der Waals surface area (Å²) in [7, 11) is 0. The number of amides is 2. The molecule has 3 rings (SSSR count). The monoisotopic (exact) mass is 383 g/mol. The number of hydrogen-bond acceptors (Lipinski definition) is 5. The lowest BCUT2D eigenvalue weighted by atomic mass is 9.83. The van der Waals surface area contributed by atoms with Crippen LogP contribution in [0.1, 0.15) is 47.0 Å². The highest BCUT2D eigenvalue weighted by molar-refractivity contribution is 7.12. The van der Waals surface area contributed by atoms with Crippen LogP contribution >= 0.6 is 11.3 Å². The molecule has 0 radical (unpaired) electrons. The maximum absolute atomic E-state index is 12.8. The Kier molecular flexibility index (Phi) is 6.09. The van der Waals surface area contributed by atoms with E-state index in [0.717, 1.165) is 19.3 Å². The number of hydrogen-bond donors (Lipinski definition) is 3. The first-order valence-corrected chi connectivity index (χ1v) is 9.79. The summed E-state index contributed by atoms with van der Waals surface area (Å²) in [6.07, 6.45) is 3.26. The molecule has 0 saturated heterocycles. The molecule has 7 heteroatoms. The topological polar surface area (TPSA) is 102 Å². The first-order valence-electron chi connectivity index (χ1n) is 8.92. The summed E-state index contributed by atoms with van der Waals surface area (Å²) in [6, 6.07) is 10.8. The second-order valence-corrected chi connectivity index (χ2v) is 7.56. The molecule has 0 spiro atoms. The Morgan fingerprint density at radius 2 is 2.04 bits per heavy atom. The summed E-state index contributed by atoms with van der Waals surface area (Å²) in [4.78, 5) is 25.8. The van der Waals surface area contributed by atoms with E-state index in [0.29, 0.717) is 16.9 Å². The van der Waals surface area contributed by atoms with Gasteiger partial charge in [0.2, 0.25) is 5.91 Å². The molecule has 1 saturated carbocycles. The number of carbonyl (C=O) groups excluding carboxylic acids is 2. The van der Waals surface area contributed by atoms with E-state index in [2.05, 4.69) is 16.7 Å². The van der Waals surface area contributed by atoms with Gasteiger partial charge in [-0.15, -0.1) is 11.3 Å². The van der Waals surface area contributed by atoms with Gasteiger partial charge in [0, 0.05) is 6.04 Å². The van der Waals surface area contributed by atoms with Gasteiger partial charge < -0.3 is 15.7 Å². The smallest absolute Gasteiger partial charge is 0.261 e. The van der Waals surface area contributed by atoms with E-state index in [-0.39, 0.29) is 29.5 Å². The number of phenols is 1. The van der Waals surface area contributed by atoms with Crippen molar-refractivity contribution in [1.82, 2.24) is 10.6 Å². The molecule has 1 aliphatic rings. The predicted octanol–water partition coefficient (Wildman–Crippen LogP) is 3.12. The molecule has 3 N–H and O–H groups in total. The van der Waals surface area contributed by atoms with E-state index in [4.69, 9.17) is 0 Å². The van der Waals surface area contributed by atoms with E-state index in [1.807, 2.05) is 11.4 Å². The largest absolute Gasteiger partial charge is 0.508 e. The van der Waals surface area contributed by atoms with Gasteiger partial charge >= 0.3 is 0 Å². The third-order valence-electron chi connectivity index (χ3n) is 4.78. The molecule has 1 heterocycles. The van der Waals surface area contributed by atoms with Crippen LogP contribution in [0.15, 0.2) is 41.8 Å². The summed E-state index contributed by atoms with van der Waals surface area (Å²) < 4.78 is 0. The van der Waals surface area contributed by atoms with E-state index < -0.39 is 6.04 Å². The Hall–Kier alpha value is -2.85. The first-order chi connectivity index (χ1) is 13.1. The minimum Gasteiger partial charge on any atom is -0.508 e. The van der Waals surface area contributed by atoms with Crippen LogP contribution in [0.3, 0.4) is 0 Å². The zero-order valence-electron chi connectivity index (χ0n) is 14.7. The number of nitrogens with one attached hydrogen (secondary N) is 2. The third-order valence-corrected chi connectivity index (χ3v) is 5.65. The lowest BCUT2D eigenvalue weighted by Crippen LogP contribution is -2.48. The Balaban J connectivity index is 1.69. The molecular weight excluding hydrogens is 362 g/mol. The molecule has 2 aromatic rings. The molecule has 6 nitrogen and oxygen atoms in total. The average molecular weight is 383 g/mol. The Morgan fingerprint density at radius 1 is 1.22 bits per heavy atom. The van der Waals surface area contributed by atoms with Gasteiger partial charge in [0.05, 0.1) is 16.9 Å². The minimum absolute atomic E-state index is 0.0424. The summed E-state index contributed by atoms with van der Waals surface area (Å²) in [5.74, 6) is -0.753. The summed E-state index contributed by atoms with van der Waals surface area (Å²) in [6.45, 7) is 0. The van der Waals surface area contributed by atoms with Crippen molar-refractivity contribution < 1.29 is 14.7 Å². The van der Waals surface area contributed by atoms with Crippen molar-refractivity contribution in [2.75, 3.05) is 0 Å². The third kappa shape index (κ3) is 4.66. The molecule has 27 heavy (non-hydrogen) atoms. The number of carbonyl (C=O) groups is 2. The van der Waals surface area contributed by atoms with Gasteiger partial charge in [-0.3, -0.25) is 9.59 Å². The standard InChI is InChI=1S/C20H21N3O3S/c21-12-17(13-5-3-6-14(24)11-13)23-19(25)15-7-1-2-8-16(15)22-20(26)18-9-4-10-27-18/h3-6,9-11,15-17,24H,1-2,7-8H2,(H,22,26)(H,23,25). The number of benzene rings is 1. The molecule has 1 aromatic heterocycles. The van der Waals surface area contributed by atoms with Crippen molar-refractivity contribution in [2.45, 2.75) is 37.8 Å². The SMILES string of the molecule is N#CC(NC(=O)C1CCCCC1NC(=O)c1cccs1)c1cccc(O)c1. The molecule has 1 aliphatic carbocycles. The molecule has 2 amide bonds. The quantitative estimate of drug-likeness (QED) is 0.738. The Labute approximate surface area is 161 Å². The molecular formula is C20H21N3O3S. The maximum Gasteiger partial charge on any atom is 0.261 e. The summed E-state index contributed by atoms with van der Waals surface area (Å²) >= 11 is 1.36. The zero-order valence-corrected chi connectivity index (χ0v) is 15.5. The van der Waals surface area contributed by atoms with E-state index in [9.17, 15) is 20.0 Å². The van der Waals surface area contributed by atoms with Crippen LogP contribution in [-0.2, 0) is 4.79 Å².